The molecule has 0 unspecified atom stereocenters. The molecule has 0 aliphatic rings. The lowest BCUT2D eigenvalue weighted by atomic mass is 9.96. The Morgan fingerprint density at radius 3 is 2.30 bits per heavy atom. The van der Waals surface area contributed by atoms with Gasteiger partial charge < -0.3 is 18.9 Å². The molecule has 0 saturated carbocycles. The quantitative estimate of drug-likeness (QED) is 0.439. The predicted octanol–water partition coefficient (Wildman–Crippen LogP) is 5.08. The molecule has 0 amide bonds. The second-order valence-electron chi connectivity index (χ2n) is 5.98. The van der Waals surface area contributed by atoms with E-state index in [1.165, 1.54) is 14.2 Å². The Labute approximate surface area is 165 Å². The van der Waals surface area contributed by atoms with Crippen LogP contribution in [0.25, 0.3) is 0 Å². The summed E-state index contributed by atoms with van der Waals surface area (Å²) in [6, 6.07) is 6.85. The third-order valence-electron chi connectivity index (χ3n) is 4.22. The van der Waals surface area contributed by atoms with E-state index >= 15 is 0 Å². The Bertz CT molecular complexity index is 817. The van der Waals surface area contributed by atoms with Gasteiger partial charge in [0.2, 0.25) is 11.5 Å². The smallest absolute Gasteiger partial charge is 0.204 e. The van der Waals surface area contributed by atoms with E-state index in [9.17, 15) is 4.79 Å². The van der Waals surface area contributed by atoms with Crippen molar-refractivity contribution in [3.05, 3.63) is 46.0 Å². The maximum Gasteiger partial charge on any atom is 0.204 e. The van der Waals surface area contributed by atoms with Gasteiger partial charge in [0.15, 0.2) is 11.5 Å². The normalized spacial score (nSPS) is 10.4. The van der Waals surface area contributed by atoms with Crippen molar-refractivity contribution in [1.29, 1.82) is 0 Å². The lowest BCUT2D eigenvalue weighted by Gasteiger charge is -2.20. The van der Waals surface area contributed by atoms with Crippen LogP contribution < -0.4 is 18.9 Å². The zero-order valence-electron chi connectivity index (χ0n) is 16.3. The Morgan fingerprint density at radius 2 is 1.70 bits per heavy atom. The highest BCUT2D eigenvalue weighted by atomic mass is 35.5. The van der Waals surface area contributed by atoms with Gasteiger partial charge in [-0.2, -0.15) is 0 Å². The molecule has 0 aliphatic carbocycles. The number of ether oxygens (including phenoxy) is 4. The van der Waals surface area contributed by atoms with Gasteiger partial charge in [-0.15, -0.1) is 0 Å². The van der Waals surface area contributed by atoms with Crippen molar-refractivity contribution in [3.8, 4) is 23.0 Å². The van der Waals surface area contributed by atoms with Crippen LogP contribution in [-0.2, 0) is 0 Å². The average Bonchev–Trinajstić information content (AvgIpc) is 2.66. The summed E-state index contributed by atoms with van der Waals surface area (Å²) in [7, 11) is 4.57. The van der Waals surface area contributed by atoms with Gasteiger partial charge in [0, 0.05) is 0 Å². The van der Waals surface area contributed by atoms with Gasteiger partial charge in [-0.25, -0.2) is 0 Å². The first-order valence-electron chi connectivity index (χ1n) is 8.75. The fourth-order valence-corrected chi connectivity index (χ4v) is 3.09. The van der Waals surface area contributed by atoms with Crippen LogP contribution in [0.1, 0.15) is 41.3 Å². The minimum absolute atomic E-state index is 0.289. The maximum atomic E-state index is 13.4. The molecule has 0 bridgehead atoms. The third kappa shape index (κ3) is 4.30. The van der Waals surface area contributed by atoms with Crippen LogP contribution in [0.3, 0.4) is 0 Å². The van der Waals surface area contributed by atoms with Crippen LogP contribution >= 0.6 is 11.6 Å². The molecule has 0 aromatic heterocycles. The second-order valence-corrected chi connectivity index (χ2v) is 6.39. The molecule has 5 nitrogen and oxygen atoms in total. The first-order chi connectivity index (χ1) is 13.0. The molecule has 2 aromatic carbocycles. The number of hydrogen-bond acceptors (Lipinski definition) is 5. The number of rotatable bonds is 9. The molecule has 27 heavy (non-hydrogen) atoms. The van der Waals surface area contributed by atoms with Crippen LogP contribution in [0.5, 0.6) is 23.0 Å². The molecule has 0 saturated heterocycles. The van der Waals surface area contributed by atoms with Crippen LogP contribution in [0.4, 0.5) is 0 Å². The van der Waals surface area contributed by atoms with Crippen molar-refractivity contribution in [2.75, 3.05) is 27.9 Å². The van der Waals surface area contributed by atoms with Crippen molar-refractivity contribution < 1.29 is 23.7 Å². The fraction of sp³-hybridized carbons (Fsp3) is 0.381. The molecular weight excluding hydrogens is 368 g/mol. The van der Waals surface area contributed by atoms with E-state index in [0.29, 0.717) is 45.8 Å². The first kappa shape index (κ1) is 20.9. The average molecular weight is 393 g/mol. The molecule has 0 radical (unpaired) electrons. The SMILES string of the molecule is CCCCOc1c(OC)c(OC)cc(C)c1C(=O)c1c(Cl)cccc1OC. The number of carbonyl (C=O) groups is 1. The summed E-state index contributed by atoms with van der Waals surface area (Å²) in [6.07, 6.45) is 1.81. The summed E-state index contributed by atoms with van der Waals surface area (Å²) in [5, 5.41) is 0.313. The molecule has 2 aromatic rings. The van der Waals surface area contributed by atoms with Crippen molar-refractivity contribution in [2.45, 2.75) is 26.7 Å². The zero-order chi connectivity index (χ0) is 20.0. The topological polar surface area (TPSA) is 54.0 Å². The van der Waals surface area contributed by atoms with Crippen molar-refractivity contribution in [2.24, 2.45) is 0 Å². The van der Waals surface area contributed by atoms with Gasteiger partial charge in [-0.05, 0) is 37.1 Å². The van der Waals surface area contributed by atoms with Crippen molar-refractivity contribution in [3.63, 3.8) is 0 Å². The summed E-state index contributed by atoms with van der Waals surface area (Å²) in [5.41, 5.74) is 1.37. The highest BCUT2D eigenvalue weighted by Crippen LogP contribution is 2.44. The highest BCUT2D eigenvalue weighted by molar-refractivity contribution is 6.35. The van der Waals surface area contributed by atoms with Crippen LogP contribution in [0.2, 0.25) is 5.02 Å². The lowest BCUT2D eigenvalue weighted by Crippen LogP contribution is -2.12. The van der Waals surface area contributed by atoms with Gasteiger partial charge in [0.1, 0.15) is 5.75 Å². The standard InChI is InChI=1S/C21H25ClO5/c1-6-7-11-27-21-17(13(2)12-16(25-4)20(21)26-5)19(23)18-14(22)9-8-10-15(18)24-3/h8-10,12H,6-7,11H2,1-5H3. The van der Waals surface area contributed by atoms with Crippen LogP contribution in [-0.4, -0.2) is 33.7 Å². The first-order valence-corrected chi connectivity index (χ1v) is 9.13. The number of halogens is 1. The molecule has 0 heterocycles. The van der Waals surface area contributed by atoms with E-state index in [1.807, 2.05) is 6.92 Å². The zero-order valence-corrected chi connectivity index (χ0v) is 17.1. The number of carbonyl (C=O) groups excluding carboxylic acids is 1. The van der Waals surface area contributed by atoms with Crippen molar-refractivity contribution >= 4 is 17.4 Å². The van der Waals surface area contributed by atoms with E-state index in [-0.39, 0.29) is 11.3 Å². The monoisotopic (exact) mass is 392 g/mol. The molecule has 0 N–H and O–H groups in total. The Hall–Kier alpha value is -2.40. The molecule has 0 spiro atoms. The summed E-state index contributed by atoms with van der Waals surface area (Å²) in [5.74, 6) is 1.36. The number of aryl methyl sites for hydroxylation is 1. The van der Waals surface area contributed by atoms with Gasteiger partial charge >= 0.3 is 0 Å². The molecule has 0 fully saturated rings. The van der Waals surface area contributed by atoms with E-state index < -0.39 is 0 Å². The number of ketones is 1. The van der Waals surface area contributed by atoms with E-state index in [1.54, 1.807) is 31.4 Å². The number of benzene rings is 2. The molecule has 0 atom stereocenters. The Morgan fingerprint density at radius 1 is 1.00 bits per heavy atom. The summed E-state index contributed by atoms with van der Waals surface area (Å²) >= 11 is 6.32. The number of hydrogen-bond donors (Lipinski definition) is 0. The summed E-state index contributed by atoms with van der Waals surface area (Å²) in [4.78, 5) is 13.4. The van der Waals surface area contributed by atoms with E-state index in [2.05, 4.69) is 6.92 Å². The molecule has 6 heteroatoms. The van der Waals surface area contributed by atoms with Gasteiger partial charge in [-0.3, -0.25) is 4.79 Å². The number of unbranched alkanes of at least 4 members (excludes halogenated alkanes) is 1. The van der Waals surface area contributed by atoms with Crippen molar-refractivity contribution in [1.82, 2.24) is 0 Å². The molecule has 0 aliphatic heterocycles. The summed E-state index contributed by atoms with van der Waals surface area (Å²) < 4.78 is 22.2. The largest absolute Gasteiger partial charge is 0.496 e. The van der Waals surface area contributed by atoms with Crippen LogP contribution in [0, 0.1) is 6.92 Å². The minimum Gasteiger partial charge on any atom is -0.496 e. The molecular formula is C21H25ClO5. The minimum atomic E-state index is -0.289. The van der Waals surface area contributed by atoms with Gasteiger partial charge in [-0.1, -0.05) is 31.0 Å². The Balaban J connectivity index is 2.69. The lowest BCUT2D eigenvalue weighted by molar-refractivity contribution is 0.103. The van der Waals surface area contributed by atoms with Gasteiger partial charge in [0.25, 0.3) is 0 Å². The fourth-order valence-electron chi connectivity index (χ4n) is 2.84. The molecule has 2 rings (SSSR count). The van der Waals surface area contributed by atoms with Crippen LogP contribution in [0.15, 0.2) is 24.3 Å². The van der Waals surface area contributed by atoms with E-state index in [4.69, 9.17) is 30.5 Å². The molecule has 146 valence electrons. The van der Waals surface area contributed by atoms with E-state index in [0.717, 1.165) is 12.8 Å². The summed E-state index contributed by atoms with van der Waals surface area (Å²) in [6.45, 7) is 4.35. The van der Waals surface area contributed by atoms with Gasteiger partial charge in [0.05, 0.1) is 44.1 Å². The maximum absolute atomic E-state index is 13.4. The Kier molecular flexibility index (Phi) is 7.36. The number of methoxy groups -OCH3 is 3. The highest BCUT2D eigenvalue weighted by Gasteiger charge is 2.28. The third-order valence-corrected chi connectivity index (χ3v) is 4.53. The predicted molar refractivity (Wildman–Crippen MR) is 106 cm³/mol. The second kappa shape index (κ2) is 9.51.